The quantitative estimate of drug-likeness (QED) is 0.635. The van der Waals surface area contributed by atoms with Crippen molar-refractivity contribution in [2.45, 2.75) is 18.4 Å². The highest BCUT2D eigenvalue weighted by molar-refractivity contribution is 14.1. The van der Waals surface area contributed by atoms with Gasteiger partial charge in [-0.3, -0.25) is 0 Å². The predicted molar refractivity (Wildman–Crippen MR) is 69.9 cm³/mol. The fourth-order valence-electron chi connectivity index (χ4n) is 2.02. The molecule has 0 aliphatic carbocycles. The Morgan fingerprint density at radius 1 is 1.38 bits per heavy atom. The first kappa shape index (κ1) is 11.8. The van der Waals surface area contributed by atoms with Gasteiger partial charge in [0.1, 0.15) is 0 Å². The summed E-state index contributed by atoms with van der Waals surface area (Å²) in [5, 5.41) is 19.4. The molecule has 0 aromatic heterocycles. The maximum atomic E-state index is 10.5. The highest BCUT2D eigenvalue weighted by Gasteiger charge is 2.33. The van der Waals surface area contributed by atoms with Crippen LogP contribution in [0, 0.1) is 11.3 Å². The van der Waals surface area contributed by atoms with E-state index >= 15 is 0 Å². The monoisotopic (exact) mass is 328 g/mol. The van der Waals surface area contributed by atoms with Crippen molar-refractivity contribution in [2.75, 3.05) is 13.1 Å². The van der Waals surface area contributed by atoms with Crippen LogP contribution in [-0.4, -0.2) is 21.3 Å². The van der Waals surface area contributed by atoms with Gasteiger partial charge in [-0.05, 0) is 30.5 Å². The maximum Gasteiger partial charge on any atom is 0.0991 e. The van der Waals surface area contributed by atoms with Crippen LogP contribution in [0.3, 0.4) is 0 Å². The second-order valence-corrected chi connectivity index (χ2v) is 5.50. The lowest BCUT2D eigenvalue weighted by Gasteiger charge is -2.36. The smallest absolute Gasteiger partial charge is 0.0991 e. The molecule has 84 valence electrons. The fraction of sp³-hybridized carbons (Fsp3) is 0.417. The van der Waals surface area contributed by atoms with Gasteiger partial charge in [-0.2, -0.15) is 5.26 Å². The molecular weight excluding hydrogens is 315 g/mol. The molecule has 0 bridgehead atoms. The summed E-state index contributed by atoms with van der Waals surface area (Å²) < 4.78 is 2.18. The van der Waals surface area contributed by atoms with Crippen LogP contribution in [-0.2, 0) is 5.60 Å². The molecule has 1 saturated heterocycles. The summed E-state index contributed by atoms with van der Waals surface area (Å²) in [6.07, 6.45) is 1.45. The van der Waals surface area contributed by atoms with E-state index in [0.29, 0.717) is 5.56 Å². The molecule has 1 aromatic carbocycles. The standard InChI is InChI=1S/C12H13IN2O/c13-15-6-4-12(16,5-7-15)11-3-1-2-10(8-11)9-14/h1-3,8,16H,4-7H2. The molecule has 0 atom stereocenters. The van der Waals surface area contributed by atoms with Gasteiger partial charge in [0, 0.05) is 36.0 Å². The van der Waals surface area contributed by atoms with E-state index in [1.54, 1.807) is 12.1 Å². The fourth-order valence-corrected chi connectivity index (χ4v) is 2.50. The molecule has 0 saturated carbocycles. The zero-order valence-electron chi connectivity index (χ0n) is 8.86. The molecule has 1 N–H and O–H groups in total. The van der Waals surface area contributed by atoms with Crippen LogP contribution in [0.2, 0.25) is 0 Å². The third-order valence-corrected chi connectivity index (χ3v) is 4.03. The minimum Gasteiger partial charge on any atom is -0.385 e. The maximum absolute atomic E-state index is 10.5. The lowest BCUT2D eigenvalue weighted by Crippen LogP contribution is -2.38. The third kappa shape index (κ3) is 2.37. The van der Waals surface area contributed by atoms with Gasteiger partial charge in [-0.25, -0.2) is 3.11 Å². The number of benzene rings is 1. The zero-order chi connectivity index (χ0) is 11.6. The Labute approximate surface area is 109 Å². The van der Waals surface area contributed by atoms with Crippen LogP contribution >= 0.6 is 22.9 Å². The Bertz CT molecular complexity index is 419. The molecule has 0 unspecified atom stereocenters. The molecule has 1 aromatic rings. The van der Waals surface area contributed by atoms with Crippen LogP contribution in [0.15, 0.2) is 24.3 Å². The summed E-state index contributed by atoms with van der Waals surface area (Å²) in [6.45, 7) is 1.77. The molecule has 1 aliphatic heterocycles. The van der Waals surface area contributed by atoms with Crippen LogP contribution in [0.5, 0.6) is 0 Å². The first-order valence-electron chi connectivity index (χ1n) is 5.28. The summed E-state index contributed by atoms with van der Waals surface area (Å²) in [5.41, 5.74) is 0.730. The number of hydrogen-bond acceptors (Lipinski definition) is 3. The van der Waals surface area contributed by atoms with E-state index < -0.39 is 5.60 Å². The molecule has 2 rings (SSSR count). The van der Waals surface area contributed by atoms with Crippen molar-refractivity contribution in [3.8, 4) is 6.07 Å². The Balaban J connectivity index is 2.26. The molecule has 0 radical (unpaired) electrons. The van der Waals surface area contributed by atoms with Crippen molar-refractivity contribution >= 4 is 22.9 Å². The predicted octanol–water partition coefficient (Wildman–Crippen LogP) is 2.19. The number of hydrogen-bond donors (Lipinski definition) is 1. The summed E-state index contributed by atoms with van der Waals surface area (Å²) in [7, 11) is 0. The van der Waals surface area contributed by atoms with Gasteiger partial charge in [0.05, 0.1) is 17.2 Å². The summed E-state index contributed by atoms with van der Waals surface area (Å²) in [6, 6.07) is 9.41. The second-order valence-electron chi connectivity index (χ2n) is 4.13. The molecular formula is C12H13IN2O. The van der Waals surface area contributed by atoms with Crippen molar-refractivity contribution in [1.29, 1.82) is 5.26 Å². The van der Waals surface area contributed by atoms with Gasteiger partial charge in [-0.1, -0.05) is 12.1 Å². The van der Waals surface area contributed by atoms with Gasteiger partial charge in [0.2, 0.25) is 0 Å². The van der Waals surface area contributed by atoms with Gasteiger partial charge < -0.3 is 5.11 Å². The van der Waals surface area contributed by atoms with Gasteiger partial charge in [-0.15, -0.1) is 0 Å². The SMILES string of the molecule is N#Cc1cccc(C2(O)CCN(I)CC2)c1. The Morgan fingerprint density at radius 2 is 2.06 bits per heavy atom. The Hall–Kier alpha value is -0.640. The normalized spacial score (nSPS) is 20.3. The molecule has 0 amide bonds. The summed E-state index contributed by atoms with van der Waals surface area (Å²) in [4.78, 5) is 0. The number of nitriles is 1. The average molecular weight is 328 g/mol. The van der Waals surface area contributed by atoms with Crippen LogP contribution in [0.25, 0.3) is 0 Å². The molecule has 1 heterocycles. The van der Waals surface area contributed by atoms with Gasteiger partial charge in [0.25, 0.3) is 0 Å². The summed E-state index contributed by atoms with van der Waals surface area (Å²) >= 11 is 2.28. The van der Waals surface area contributed by atoms with Crippen molar-refractivity contribution in [2.24, 2.45) is 0 Å². The van der Waals surface area contributed by atoms with E-state index in [2.05, 4.69) is 32.0 Å². The molecule has 0 spiro atoms. The lowest BCUT2D eigenvalue weighted by atomic mass is 9.84. The minimum absolute atomic E-state index is 0.614. The molecule has 4 heteroatoms. The summed E-state index contributed by atoms with van der Waals surface area (Å²) in [5.74, 6) is 0. The van der Waals surface area contributed by atoms with E-state index in [1.807, 2.05) is 12.1 Å². The highest BCUT2D eigenvalue weighted by Crippen LogP contribution is 2.33. The number of nitrogens with zero attached hydrogens (tertiary/aromatic N) is 2. The van der Waals surface area contributed by atoms with E-state index in [9.17, 15) is 5.11 Å². The first-order chi connectivity index (χ1) is 7.64. The first-order valence-corrected chi connectivity index (χ1v) is 6.24. The number of piperidine rings is 1. The average Bonchev–Trinajstić information content (AvgIpc) is 2.33. The van der Waals surface area contributed by atoms with Crippen molar-refractivity contribution in [3.63, 3.8) is 0 Å². The van der Waals surface area contributed by atoms with Gasteiger partial charge >= 0.3 is 0 Å². The largest absolute Gasteiger partial charge is 0.385 e. The van der Waals surface area contributed by atoms with E-state index in [1.165, 1.54) is 0 Å². The van der Waals surface area contributed by atoms with Crippen LogP contribution < -0.4 is 0 Å². The molecule has 3 nitrogen and oxygen atoms in total. The zero-order valence-corrected chi connectivity index (χ0v) is 11.0. The number of halogens is 1. The minimum atomic E-state index is -0.755. The number of rotatable bonds is 1. The van der Waals surface area contributed by atoms with E-state index in [-0.39, 0.29) is 0 Å². The van der Waals surface area contributed by atoms with Crippen molar-refractivity contribution < 1.29 is 5.11 Å². The third-order valence-electron chi connectivity index (χ3n) is 3.07. The molecule has 16 heavy (non-hydrogen) atoms. The topological polar surface area (TPSA) is 47.3 Å². The number of aliphatic hydroxyl groups is 1. The van der Waals surface area contributed by atoms with Crippen LogP contribution in [0.4, 0.5) is 0 Å². The molecule has 1 fully saturated rings. The highest BCUT2D eigenvalue weighted by atomic mass is 127. The Morgan fingerprint density at radius 3 is 2.69 bits per heavy atom. The Kier molecular flexibility index (Phi) is 3.47. The van der Waals surface area contributed by atoms with Crippen molar-refractivity contribution in [1.82, 2.24) is 3.11 Å². The lowest BCUT2D eigenvalue weighted by molar-refractivity contribution is -0.00526. The van der Waals surface area contributed by atoms with E-state index in [4.69, 9.17) is 5.26 Å². The van der Waals surface area contributed by atoms with Crippen molar-refractivity contribution in [3.05, 3.63) is 35.4 Å². The second kappa shape index (κ2) is 4.70. The van der Waals surface area contributed by atoms with Gasteiger partial charge in [0.15, 0.2) is 0 Å². The van der Waals surface area contributed by atoms with E-state index in [0.717, 1.165) is 31.5 Å². The molecule has 1 aliphatic rings. The van der Waals surface area contributed by atoms with Crippen LogP contribution in [0.1, 0.15) is 24.0 Å².